The second-order valence-electron chi connectivity index (χ2n) is 11.0. The fourth-order valence-electron chi connectivity index (χ4n) is 6.25. The van der Waals surface area contributed by atoms with Gasteiger partial charge in [-0.1, -0.05) is 0 Å². The van der Waals surface area contributed by atoms with Crippen molar-refractivity contribution in [2.24, 2.45) is 11.8 Å². The third-order valence-corrected chi connectivity index (χ3v) is 8.33. The number of nitrogens with zero attached hydrogens (tertiary/aromatic N) is 7. The van der Waals surface area contributed by atoms with Crippen molar-refractivity contribution >= 4 is 23.3 Å². The molecule has 3 saturated heterocycles. The van der Waals surface area contributed by atoms with Gasteiger partial charge in [-0.25, -0.2) is 13.8 Å². The molecule has 0 bridgehead atoms. The van der Waals surface area contributed by atoms with Crippen molar-refractivity contribution in [3.8, 4) is 11.6 Å². The molecule has 0 aromatic carbocycles. The van der Waals surface area contributed by atoms with Crippen LogP contribution in [0.15, 0.2) is 28.9 Å². The fraction of sp³-hybridized carbons (Fsp3) is 0.615. The summed E-state index contributed by atoms with van der Waals surface area (Å²) in [6, 6.07) is 5.10. The summed E-state index contributed by atoms with van der Waals surface area (Å²) in [5.41, 5.74) is 6.73. The number of piperidine rings is 2. The average molecular weight is 529 g/mol. The van der Waals surface area contributed by atoms with Crippen molar-refractivity contribution < 1.29 is 18.0 Å². The number of rotatable bonds is 6. The van der Waals surface area contributed by atoms with Crippen LogP contribution in [-0.2, 0) is 4.79 Å². The van der Waals surface area contributed by atoms with Gasteiger partial charge in [0.05, 0.1) is 12.8 Å². The number of nitrogens with two attached hydrogens (primary N) is 1. The van der Waals surface area contributed by atoms with E-state index >= 15 is 0 Å². The Morgan fingerprint density at radius 3 is 2.39 bits per heavy atom. The van der Waals surface area contributed by atoms with Gasteiger partial charge in [-0.2, -0.15) is 9.50 Å². The molecule has 0 spiro atoms. The van der Waals surface area contributed by atoms with Crippen molar-refractivity contribution in [1.29, 1.82) is 0 Å². The lowest BCUT2D eigenvalue weighted by Crippen LogP contribution is -2.58. The molecular formula is C26H34F2N8O2. The Bertz CT molecular complexity index is 1270. The van der Waals surface area contributed by atoms with E-state index in [4.69, 9.17) is 10.2 Å². The van der Waals surface area contributed by atoms with Crippen LogP contribution in [0.2, 0.25) is 0 Å². The van der Waals surface area contributed by atoms with Crippen molar-refractivity contribution in [2.75, 3.05) is 49.9 Å². The molecule has 1 amide bonds. The van der Waals surface area contributed by atoms with Gasteiger partial charge in [-0.3, -0.25) is 9.69 Å². The summed E-state index contributed by atoms with van der Waals surface area (Å²) in [7, 11) is 0. The molecule has 0 radical (unpaired) electrons. The molecule has 3 aliphatic rings. The summed E-state index contributed by atoms with van der Waals surface area (Å²) in [5.74, 6) is 0.403. The molecule has 3 aliphatic heterocycles. The van der Waals surface area contributed by atoms with E-state index in [9.17, 15) is 13.6 Å². The maximum absolute atomic E-state index is 13.4. The highest BCUT2D eigenvalue weighted by molar-refractivity contribution is 5.87. The van der Waals surface area contributed by atoms with Crippen LogP contribution in [0.25, 0.3) is 17.2 Å². The van der Waals surface area contributed by atoms with E-state index < -0.39 is 5.92 Å². The molecule has 6 heterocycles. The fourth-order valence-corrected chi connectivity index (χ4v) is 6.25. The predicted molar refractivity (Wildman–Crippen MR) is 138 cm³/mol. The molecule has 0 saturated carbocycles. The first-order valence-corrected chi connectivity index (χ1v) is 13.5. The molecule has 6 rings (SSSR count). The van der Waals surface area contributed by atoms with Crippen molar-refractivity contribution in [3.05, 3.63) is 24.5 Å². The van der Waals surface area contributed by atoms with Crippen LogP contribution in [-0.4, -0.2) is 86.5 Å². The number of furan rings is 1. The van der Waals surface area contributed by atoms with Gasteiger partial charge in [0.25, 0.3) is 5.92 Å². The Hall–Kier alpha value is -3.28. The van der Waals surface area contributed by atoms with Crippen LogP contribution in [0.3, 0.4) is 0 Å². The van der Waals surface area contributed by atoms with Gasteiger partial charge in [0, 0.05) is 32.6 Å². The van der Waals surface area contributed by atoms with Crippen LogP contribution >= 0.6 is 0 Å². The maximum Gasteiger partial charge on any atom is 0.257 e. The number of carbonyl (C=O) groups is 1. The highest BCUT2D eigenvalue weighted by Crippen LogP contribution is 2.35. The zero-order valence-corrected chi connectivity index (χ0v) is 21.6. The van der Waals surface area contributed by atoms with Crippen molar-refractivity contribution in [3.63, 3.8) is 0 Å². The van der Waals surface area contributed by atoms with Gasteiger partial charge in [-0.15, -0.1) is 5.10 Å². The van der Waals surface area contributed by atoms with Gasteiger partial charge in [0.2, 0.25) is 17.7 Å². The molecule has 38 heavy (non-hydrogen) atoms. The average Bonchev–Trinajstić information content (AvgIpc) is 3.53. The van der Waals surface area contributed by atoms with Gasteiger partial charge in [0.1, 0.15) is 11.9 Å². The van der Waals surface area contributed by atoms with E-state index in [1.54, 1.807) is 18.4 Å². The smallest absolute Gasteiger partial charge is 0.257 e. The Kier molecular flexibility index (Phi) is 6.45. The molecule has 2 N–H and O–H groups in total. The Morgan fingerprint density at radius 1 is 1.08 bits per heavy atom. The lowest BCUT2D eigenvalue weighted by atomic mass is 9.78. The molecule has 204 valence electrons. The minimum atomic E-state index is -2.64. The van der Waals surface area contributed by atoms with Crippen molar-refractivity contribution in [2.45, 2.75) is 51.0 Å². The minimum Gasteiger partial charge on any atom is -0.461 e. The Balaban J connectivity index is 1.05. The standard InChI is InChI=1S/C26H34F2N8O2/c1-26(27,28)16-33-9-4-17(5-10-33)18-6-11-34(12-7-18)24(37)19-8-13-35(19)21-15-22-30-23(20-3-2-14-38-20)32-36(22)25(29)31-21/h2-3,14-15,17-19H,4-13,16H2,1H3,(H2,29,31)/t19-/m0/s1. The molecule has 10 nitrogen and oxygen atoms in total. The number of fused-ring (bicyclic) bond motifs is 1. The van der Waals surface area contributed by atoms with E-state index in [1.807, 2.05) is 20.8 Å². The molecule has 3 fully saturated rings. The number of hydrogen-bond acceptors (Lipinski definition) is 8. The molecule has 3 aromatic heterocycles. The molecule has 1 atom stereocenters. The van der Waals surface area contributed by atoms with E-state index in [0.29, 0.717) is 34.9 Å². The summed E-state index contributed by atoms with van der Waals surface area (Å²) >= 11 is 0. The lowest BCUT2D eigenvalue weighted by Gasteiger charge is -2.45. The zero-order valence-electron chi connectivity index (χ0n) is 21.6. The molecular weight excluding hydrogens is 494 g/mol. The predicted octanol–water partition coefficient (Wildman–Crippen LogP) is 3.15. The number of hydrogen-bond donors (Lipinski definition) is 1. The number of halogens is 2. The molecule has 3 aromatic rings. The molecule has 12 heteroatoms. The number of aromatic nitrogens is 4. The quantitative estimate of drug-likeness (QED) is 0.520. The first-order valence-electron chi connectivity index (χ1n) is 13.5. The van der Waals surface area contributed by atoms with Gasteiger partial charge >= 0.3 is 0 Å². The van der Waals surface area contributed by atoms with Crippen LogP contribution in [0.1, 0.15) is 39.0 Å². The third-order valence-electron chi connectivity index (χ3n) is 8.33. The number of nitrogen functional groups attached to an aromatic ring is 1. The van der Waals surface area contributed by atoms with E-state index in [-0.39, 0.29) is 24.4 Å². The van der Waals surface area contributed by atoms with Crippen LogP contribution in [0.5, 0.6) is 0 Å². The van der Waals surface area contributed by atoms with Gasteiger partial charge in [0.15, 0.2) is 11.4 Å². The minimum absolute atomic E-state index is 0.132. The van der Waals surface area contributed by atoms with E-state index in [0.717, 1.165) is 71.8 Å². The normalized spacial score (nSPS) is 22.2. The second kappa shape index (κ2) is 9.79. The van der Waals surface area contributed by atoms with Crippen LogP contribution in [0, 0.1) is 11.8 Å². The maximum atomic E-state index is 13.4. The Morgan fingerprint density at radius 2 is 1.79 bits per heavy atom. The number of likely N-dealkylation sites (tertiary alicyclic amines) is 2. The Labute approximate surface area is 219 Å². The third kappa shape index (κ3) is 4.93. The van der Waals surface area contributed by atoms with Crippen molar-refractivity contribution in [1.82, 2.24) is 29.4 Å². The highest BCUT2D eigenvalue weighted by Gasteiger charge is 2.40. The summed E-state index contributed by atoms with van der Waals surface area (Å²) in [6.07, 6.45) is 6.21. The summed E-state index contributed by atoms with van der Waals surface area (Å²) < 4.78 is 33.6. The topological polar surface area (TPSA) is 109 Å². The molecule has 0 unspecified atom stereocenters. The summed E-state index contributed by atoms with van der Waals surface area (Å²) in [4.78, 5) is 28.3. The van der Waals surface area contributed by atoms with E-state index in [2.05, 4.69) is 15.1 Å². The lowest BCUT2D eigenvalue weighted by molar-refractivity contribution is -0.135. The number of anilines is 2. The summed E-state index contributed by atoms with van der Waals surface area (Å²) in [6.45, 7) is 4.52. The second-order valence-corrected chi connectivity index (χ2v) is 11.0. The van der Waals surface area contributed by atoms with Gasteiger partial charge in [-0.05, 0) is 69.2 Å². The van der Waals surface area contributed by atoms with Crippen LogP contribution < -0.4 is 10.6 Å². The zero-order chi connectivity index (χ0) is 26.4. The number of alkyl halides is 2. The number of carbonyl (C=O) groups excluding carboxylic acids is 1. The first kappa shape index (κ1) is 25.0. The van der Waals surface area contributed by atoms with E-state index in [1.165, 1.54) is 4.52 Å². The highest BCUT2D eigenvalue weighted by atomic mass is 19.3. The summed E-state index contributed by atoms with van der Waals surface area (Å²) in [5, 5.41) is 4.39. The largest absolute Gasteiger partial charge is 0.461 e. The van der Waals surface area contributed by atoms with Gasteiger partial charge < -0.3 is 20.0 Å². The SMILES string of the molecule is CC(F)(F)CN1CCC(C2CCN(C(=O)[C@@H]3CCN3c3cc4nc(-c5ccco5)nn4c(N)n3)CC2)CC1. The number of amides is 1. The monoisotopic (exact) mass is 528 g/mol. The first-order chi connectivity index (χ1) is 18.2. The molecule has 0 aliphatic carbocycles. The van der Waals surface area contributed by atoms with Crippen LogP contribution in [0.4, 0.5) is 20.5 Å².